The van der Waals surface area contributed by atoms with Crippen LogP contribution in [0, 0.1) is 22.7 Å². The van der Waals surface area contributed by atoms with Crippen molar-refractivity contribution in [3.63, 3.8) is 0 Å². The average Bonchev–Trinajstić information content (AvgIpc) is 3.40. The Morgan fingerprint density at radius 1 is 1.11 bits per heavy atom. The fraction of sp³-hybridized carbons (Fsp3) is 0.120. The first-order valence-corrected chi connectivity index (χ1v) is 11.6. The Hall–Kier alpha value is -4.67. The molecule has 9 nitrogen and oxygen atoms in total. The van der Waals surface area contributed by atoms with Crippen LogP contribution < -0.4 is 10.6 Å². The van der Waals surface area contributed by atoms with Gasteiger partial charge in [-0.25, -0.2) is 9.97 Å². The number of rotatable bonds is 8. The Kier molecular flexibility index (Phi) is 7.36. The summed E-state index contributed by atoms with van der Waals surface area (Å²) in [7, 11) is 0. The molecule has 4 aromatic rings. The van der Waals surface area contributed by atoms with Crippen molar-refractivity contribution in [2.24, 2.45) is 0 Å². The standard InChI is InChI=1S/C25H20N8OS/c1-16(34)32-19-6-4-18(5-7-19)23-20(11-26)24(31-14-17-3-2-8-28-13-17)33-25(21(23)12-27)35-15-22-29-9-10-30-22/h2-10,13H,14-15H2,1H3,(H,29,30)(H,31,33)(H,32,34). The Morgan fingerprint density at radius 3 is 2.54 bits per heavy atom. The van der Waals surface area contributed by atoms with Crippen molar-refractivity contribution in [3.8, 4) is 23.3 Å². The molecule has 0 bridgehead atoms. The van der Waals surface area contributed by atoms with E-state index in [2.05, 4.69) is 42.7 Å². The number of nitriles is 2. The summed E-state index contributed by atoms with van der Waals surface area (Å²) in [5.41, 5.74) is 3.26. The highest BCUT2D eigenvalue weighted by atomic mass is 32.2. The lowest BCUT2D eigenvalue weighted by Gasteiger charge is -2.16. The summed E-state index contributed by atoms with van der Waals surface area (Å²) in [5.74, 6) is 1.41. The number of aromatic nitrogens is 4. The van der Waals surface area contributed by atoms with Crippen LogP contribution in [0.4, 0.5) is 11.5 Å². The molecular weight excluding hydrogens is 460 g/mol. The summed E-state index contributed by atoms with van der Waals surface area (Å²) in [6, 6.07) is 15.2. The molecule has 0 spiro atoms. The quantitative estimate of drug-likeness (QED) is 0.313. The normalized spacial score (nSPS) is 10.3. The smallest absolute Gasteiger partial charge is 0.221 e. The summed E-state index contributed by atoms with van der Waals surface area (Å²) >= 11 is 1.36. The van der Waals surface area contributed by atoms with Crippen LogP contribution in [-0.2, 0) is 17.1 Å². The van der Waals surface area contributed by atoms with Crippen LogP contribution in [0.2, 0.25) is 0 Å². The van der Waals surface area contributed by atoms with E-state index in [1.807, 2.05) is 12.1 Å². The van der Waals surface area contributed by atoms with Gasteiger partial charge < -0.3 is 15.6 Å². The van der Waals surface area contributed by atoms with Gasteiger partial charge in [-0.3, -0.25) is 9.78 Å². The molecule has 0 unspecified atom stereocenters. The molecule has 0 aliphatic carbocycles. The highest BCUT2D eigenvalue weighted by molar-refractivity contribution is 7.98. The molecule has 0 atom stereocenters. The minimum atomic E-state index is -0.185. The first-order chi connectivity index (χ1) is 17.1. The largest absolute Gasteiger partial charge is 0.365 e. The number of imidazole rings is 1. The van der Waals surface area contributed by atoms with Crippen molar-refractivity contribution in [2.45, 2.75) is 24.2 Å². The van der Waals surface area contributed by atoms with Crippen molar-refractivity contribution in [1.82, 2.24) is 19.9 Å². The zero-order chi connectivity index (χ0) is 24.6. The van der Waals surface area contributed by atoms with E-state index < -0.39 is 0 Å². The molecular formula is C25H20N8OS. The highest BCUT2D eigenvalue weighted by Gasteiger charge is 2.22. The number of pyridine rings is 2. The molecule has 0 aliphatic heterocycles. The molecule has 10 heteroatoms. The summed E-state index contributed by atoms with van der Waals surface area (Å²) in [5, 5.41) is 26.6. The molecule has 172 valence electrons. The molecule has 0 radical (unpaired) electrons. The molecule has 3 heterocycles. The third-order valence-electron chi connectivity index (χ3n) is 4.96. The summed E-state index contributed by atoms with van der Waals surface area (Å²) in [6.45, 7) is 1.84. The second-order valence-corrected chi connectivity index (χ2v) is 8.38. The van der Waals surface area contributed by atoms with Crippen LogP contribution in [0.3, 0.4) is 0 Å². The Morgan fingerprint density at radius 2 is 1.91 bits per heavy atom. The fourth-order valence-electron chi connectivity index (χ4n) is 3.42. The number of benzene rings is 1. The lowest BCUT2D eigenvalue weighted by atomic mass is 9.96. The van der Waals surface area contributed by atoms with Gasteiger partial charge in [-0.1, -0.05) is 30.0 Å². The first-order valence-electron chi connectivity index (χ1n) is 10.6. The van der Waals surface area contributed by atoms with Crippen molar-refractivity contribution in [1.29, 1.82) is 10.5 Å². The fourth-order valence-corrected chi connectivity index (χ4v) is 4.30. The number of aromatic amines is 1. The summed E-state index contributed by atoms with van der Waals surface area (Å²) in [4.78, 5) is 27.5. The van der Waals surface area contributed by atoms with E-state index in [1.54, 1.807) is 49.1 Å². The Bertz CT molecular complexity index is 1410. The van der Waals surface area contributed by atoms with Gasteiger partial charge >= 0.3 is 0 Å². The number of thioether (sulfide) groups is 1. The van der Waals surface area contributed by atoms with E-state index in [0.29, 0.717) is 45.5 Å². The number of hydrogen-bond acceptors (Lipinski definition) is 8. The van der Waals surface area contributed by atoms with Crippen LogP contribution in [-0.4, -0.2) is 25.8 Å². The SMILES string of the molecule is CC(=O)Nc1ccc(-c2c(C#N)c(NCc3cccnc3)nc(SCc3ncc[nH]3)c2C#N)cc1. The molecule has 1 amide bonds. The number of amides is 1. The lowest BCUT2D eigenvalue weighted by Crippen LogP contribution is -2.08. The molecule has 3 aromatic heterocycles. The zero-order valence-corrected chi connectivity index (χ0v) is 19.6. The van der Waals surface area contributed by atoms with E-state index in [4.69, 9.17) is 0 Å². The zero-order valence-electron chi connectivity index (χ0n) is 18.7. The maximum Gasteiger partial charge on any atom is 0.221 e. The van der Waals surface area contributed by atoms with Gasteiger partial charge in [0.1, 0.15) is 34.4 Å². The molecule has 35 heavy (non-hydrogen) atoms. The van der Waals surface area contributed by atoms with Gasteiger partial charge in [-0.15, -0.1) is 0 Å². The number of H-pyrrole nitrogens is 1. The second-order valence-electron chi connectivity index (χ2n) is 7.41. The minimum absolute atomic E-state index is 0.185. The van der Waals surface area contributed by atoms with Gasteiger partial charge in [0.15, 0.2) is 0 Å². The Labute approximate surface area is 206 Å². The van der Waals surface area contributed by atoms with Crippen LogP contribution >= 0.6 is 11.8 Å². The Balaban J connectivity index is 1.79. The van der Waals surface area contributed by atoms with E-state index >= 15 is 0 Å². The third-order valence-corrected chi connectivity index (χ3v) is 5.95. The molecule has 0 saturated carbocycles. The van der Waals surface area contributed by atoms with Crippen LogP contribution in [0.15, 0.2) is 66.2 Å². The van der Waals surface area contributed by atoms with Gasteiger partial charge in [0.2, 0.25) is 5.91 Å². The van der Waals surface area contributed by atoms with Crippen molar-refractivity contribution in [2.75, 3.05) is 10.6 Å². The number of nitrogens with zero attached hydrogens (tertiary/aromatic N) is 5. The van der Waals surface area contributed by atoms with E-state index in [1.165, 1.54) is 18.7 Å². The molecule has 4 rings (SSSR count). The van der Waals surface area contributed by atoms with Crippen molar-refractivity contribution < 1.29 is 4.79 Å². The minimum Gasteiger partial charge on any atom is -0.365 e. The highest BCUT2D eigenvalue weighted by Crippen LogP contribution is 2.37. The predicted octanol–water partition coefficient (Wildman–Crippen LogP) is 4.47. The number of hydrogen-bond donors (Lipinski definition) is 3. The summed E-state index contributed by atoms with van der Waals surface area (Å²) < 4.78 is 0. The van der Waals surface area contributed by atoms with Crippen LogP contribution in [0.5, 0.6) is 0 Å². The van der Waals surface area contributed by atoms with Gasteiger partial charge in [-0.2, -0.15) is 10.5 Å². The van der Waals surface area contributed by atoms with E-state index in [-0.39, 0.29) is 11.5 Å². The van der Waals surface area contributed by atoms with Crippen molar-refractivity contribution in [3.05, 3.63) is 83.7 Å². The van der Waals surface area contributed by atoms with Crippen molar-refractivity contribution >= 4 is 29.2 Å². The van der Waals surface area contributed by atoms with Gasteiger partial charge in [-0.05, 0) is 29.3 Å². The third kappa shape index (κ3) is 5.64. The van der Waals surface area contributed by atoms with Gasteiger partial charge in [0, 0.05) is 49.5 Å². The molecule has 0 fully saturated rings. The van der Waals surface area contributed by atoms with Gasteiger partial charge in [0.25, 0.3) is 0 Å². The molecule has 1 aromatic carbocycles. The monoisotopic (exact) mass is 480 g/mol. The number of anilines is 2. The number of carbonyl (C=O) groups is 1. The van der Waals surface area contributed by atoms with Crippen LogP contribution in [0.1, 0.15) is 29.4 Å². The number of nitrogens with one attached hydrogen (secondary N) is 3. The molecule has 3 N–H and O–H groups in total. The maximum absolute atomic E-state index is 11.4. The number of carbonyl (C=O) groups excluding carboxylic acids is 1. The lowest BCUT2D eigenvalue weighted by molar-refractivity contribution is -0.114. The van der Waals surface area contributed by atoms with Crippen LogP contribution in [0.25, 0.3) is 11.1 Å². The maximum atomic E-state index is 11.4. The van der Waals surface area contributed by atoms with Gasteiger partial charge in [0.05, 0.1) is 11.3 Å². The predicted molar refractivity (Wildman–Crippen MR) is 133 cm³/mol. The van der Waals surface area contributed by atoms with E-state index in [0.717, 1.165) is 11.4 Å². The average molecular weight is 481 g/mol. The molecule has 0 aliphatic rings. The topological polar surface area (TPSA) is 143 Å². The van der Waals surface area contributed by atoms with E-state index in [9.17, 15) is 15.3 Å². The summed E-state index contributed by atoms with van der Waals surface area (Å²) in [6.07, 6.45) is 6.82. The molecule has 0 saturated heterocycles. The second kappa shape index (κ2) is 11.0. The first kappa shape index (κ1) is 23.5.